The highest BCUT2D eigenvalue weighted by molar-refractivity contribution is 7.07. The first-order valence-electron chi connectivity index (χ1n) is 12.1. The summed E-state index contributed by atoms with van der Waals surface area (Å²) in [6, 6.07) is 4.69. The van der Waals surface area contributed by atoms with Crippen LogP contribution in [0.4, 0.5) is 19.0 Å². The molecule has 5 N–H and O–H groups in total. The molecule has 43 heavy (non-hydrogen) atoms. The smallest absolute Gasteiger partial charge is 0.479 e. The summed E-state index contributed by atoms with van der Waals surface area (Å²) in [7, 11) is 0. The second-order valence-electron chi connectivity index (χ2n) is 9.32. The molecule has 5 atom stereocenters. The molecular weight excluding hydrogens is 621 g/mol. The van der Waals surface area contributed by atoms with Gasteiger partial charge in [-0.2, -0.15) is 9.97 Å². The molecule has 1 saturated heterocycles. The summed E-state index contributed by atoms with van der Waals surface area (Å²) < 4.78 is 55.4. The van der Waals surface area contributed by atoms with Gasteiger partial charge in [-0.1, -0.05) is 18.1 Å². The lowest BCUT2D eigenvalue weighted by molar-refractivity contribution is -0.274. The number of rotatable bonds is 9. The van der Waals surface area contributed by atoms with Crippen LogP contribution >= 0.6 is 22.9 Å². The van der Waals surface area contributed by atoms with E-state index in [1.165, 1.54) is 33.9 Å². The van der Waals surface area contributed by atoms with Crippen LogP contribution in [-0.4, -0.2) is 76.6 Å². The van der Waals surface area contributed by atoms with Gasteiger partial charge < -0.3 is 35.3 Å². The minimum absolute atomic E-state index is 0.0470. The lowest BCUT2D eigenvalue weighted by Gasteiger charge is -2.32. The normalized spacial score (nSPS) is 23.6. The number of nitrogens with zero attached hydrogens (tertiary/aromatic N) is 5. The van der Waals surface area contributed by atoms with Gasteiger partial charge in [-0.15, -0.1) is 30.9 Å². The molecule has 1 aliphatic rings. The minimum Gasteiger partial charge on any atom is -0.479 e. The van der Waals surface area contributed by atoms with E-state index in [0.717, 1.165) is 23.5 Å². The second-order valence-corrected chi connectivity index (χ2v) is 10.4. The number of anilines is 1. The summed E-state index contributed by atoms with van der Waals surface area (Å²) in [6.07, 6.45) is -3.47. The lowest BCUT2D eigenvalue weighted by Crippen LogP contribution is -2.50. The summed E-state index contributed by atoms with van der Waals surface area (Å²) in [5.74, 6) is -0.112. The number of hydrogen-bond donors (Lipinski definition) is 4. The van der Waals surface area contributed by atoms with Crippen LogP contribution in [0.2, 0.25) is 5.28 Å². The lowest BCUT2D eigenvalue weighted by atomic mass is 9.90. The first-order valence-corrected chi connectivity index (χ1v) is 13.4. The molecule has 18 heteroatoms. The van der Waals surface area contributed by atoms with Gasteiger partial charge in [0.2, 0.25) is 10.9 Å². The number of halogens is 4. The van der Waals surface area contributed by atoms with Gasteiger partial charge in [0, 0.05) is 11.8 Å². The Kier molecular flexibility index (Phi) is 7.94. The molecule has 5 rings (SSSR count). The van der Waals surface area contributed by atoms with Gasteiger partial charge in [-0.3, -0.25) is 4.57 Å². The number of nitrogens with two attached hydrogens (primary N) is 1. The SMILES string of the molecule is C#C[C@@]1(O)[C@@H](COC(Cc2cccc(OC(F)(F)F)c2)(C(=O)O)c2cscn2)OC(n2cnc3c(N)nc(Cl)nc32)[C@@H]1O. The zero-order chi connectivity index (χ0) is 31.2. The fourth-order valence-corrected chi connectivity index (χ4v) is 5.43. The van der Waals surface area contributed by atoms with E-state index in [0.29, 0.717) is 0 Å². The van der Waals surface area contributed by atoms with E-state index in [4.69, 9.17) is 33.2 Å². The van der Waals surface area contributed by atoms with Gasteiger partial charge in [0.05, 0.1) is 24.1 Å². The van der Waals surface area contributed by atoms with E-state index in [9.17, 15) is 33.3 Å². The van der Waals surface area contributed by atoms with Crippen molar-refractivity contribution in [3.05, 3.63) is 58.0 Å². The topological polar surface area (TPSA) is 188 Å². The molecule has 1 aliphatic heterocycles. The van der Waals surface area contributed by atoms with E-state index >= 15 is 0 Å². The molecule has 13 nitrogen and oxygen atoms in total. The first-order chi connectivity index (χ1) is 20.3. The van der Waals surface area contributed by atoms with Crippen LogP contribution in [0.15, 0.2) is 41.5 Å². The van der Waals surface area contributed by atoms with Crippen molar-refractivity contribution < 1.29 is 47.5 Å². The number of aromatic nitrogens is 5. The number of terminal acetylenes is 1. The number of nitrogen functional groups attached to an aromatic ring is 1. The Morgan fingerprint density at radius 1 is 1.33 bits per heavy atom. The highest BCUT2D eigenvalue weighted by Crippen LogP contribution is 2.41. The third-order valence-corrected chi connectivity index (χ3v) is 7.46. The molecule has 4 aromatic rings. The molecule has 0 saturated carbocycles. The van der Waals surface area contributed by atoms with Crippen LogP contribution in [0.5, 0.6) is 5.75 Å². The average molecular weight is 641 g/mol. The number of carbonyl (C=O) groups is 1. The van der Waals surface area contributed by atoms with Crippen molar-refractivity contribution in [1.82, 2.24) is 24.5 Å². The molecule has 1 aromatic carbocycles. The van der Waals surface area contributed by atoms with Gasteiger partial charge in [-0.05, 0) is 29.3 Å². The molecule has 0 radical (unpaired) electrons. The van der Waals surface area contributed by atoms with Gasteiger partial charge in [0.1, 0.15) is 23.5 Å². The summed E-state index contributed by atoms with van der Waals surface area (Å²) in [6.45, 7) is -0.721. The molecular formula is C25H20ClF3N6O7S. The highest BCUT2D eigenvalue weighted by Gasteiger charge is 2.57. The highest BCUT2D eigenvalue weighted by atomic mass is 35.5. The van der Waals surface area contributed by atoms with E-state index in [-0.39, 0.29) is 33.5 Å². The van der Waals surface area contributed by atoms with Crippen LogP contribution in [0.3, 0.4) is 0 Å². The second kappa shape index (κ2) is 11.2. The van der Waals surface area contributed by atoms with Crippen LogP contribution < -0.4 is 10.5 Å². The Bertz CT molecular complexity index is 1700. The number of benzene rings is 1. The Hall–Kier alpha value is -4.05. The maximum Gasteiger partial charge on any atom is 0.573 e. The number of carboxylic acid groups (broad SMARTS) is 1. The Morgan fingerprint density at radius 3 is 2.74 bits per heavy atom. The molecule has 2 unspecified atom stereocenters. The summed E-state index contributed by atoms with van der Waals surface area (Å²) in [5, 5.41) is 33.9. The third kappa shape index (κ3) is 5.68. The number of fused-ring (bicyclic) bond motifs is 1. The van der Waals surface area contributed by atoms with E-state index in [1.54, 1.807) is 0 Å². The molecule has 0 bridgehead atoms. The maximum absolute atomic E-state index is 12.8. The number of aliphatic carboxylic acids is 1. The molecule has 1 fully saturated rings. The van der Waals surface area contributed by atoms with Crippen molar-refractivity contribution in [3.63, 3.8) is 0 Å². The fraction of sp³-hybridized carbons (Fsp3) is 0.320. The van der Waals surface area contributed by atoms with Gasteiger partial charge >= 0.3 is 12.3 Å². The number of ether oxygens (including phenoxy) is 3. The van der Waals surface area contributed by atoms with Crippen molar-refractivity contribution in [2.45, 2.75) is 42.4 Å². The molecule has 4 heterocycles. The van der Waals surface area contributed by atoms with Crippen molar-refractivity contribution in [1.29, 1.82) is 0 Å². The Labute approximate surface area is 248 Å². The van der Waals surface area contributed by atoms with Gasteiger partial charge in [-0.25, -0.2) is 14.8 Å². The molecule has 226 valence electrons. The summed E-state index contributed by atoms with van der Waals surface area (Å²) >= 11 is 6.97. The average Bonchev–Trinajstić information content (AvgIpc) is 3.66. The monoisotopic (exact) mass is 640 g/mol. The van der Waals surface area contributed by atoms with E-state index in [2.05, 4.69) is 30.6 Å². The van der Waals surface area contributed by atoms with Crippen molar-refractivity contribution in [3.8, 4) is 18.1 Å². The number of hydrogen-bond acceptors (Lipinski definition) is 12. The third-order valence-electron chi connectivity index (χ3n) is 6.70. The zero-order valence-electron chi connectivity index (χ0n) is 21.5. The largest absolute Gasteiger partial charge is 0.573 e. The molecule has 0 spiro atoms. The number of thiazole rings is 1. The Morgan fingerprint density at radius 2 is 2.09 bits per heavy atom. The molecule has 3 aromatic heterocycles. The summed E-state index contributed by atoms with van der Waals surface area (Å²) in [5.41, 5.74) is 2.64. The quantitative estimate of drug-likeness (QED) is 0.155. The Balaban J connectivity index is 1.47. The summed E-state index contributed by atoms with van der Waals surface area (Å²) in [4.78, 5) is 28.8. The number of imidazole rings is 1. The maximum atomic E-state index is 12.8. The predicted molar refractivity (Wildman–Crippen MR) is 143 cm³/mol. The zero-order valence-corrected chi connectivity index (χ0v) is 23.0. The van der Waals surface area contributed by atoms with E-state index < -0.39 is 60.7 Å². The number of aliphatic hydroxyl groups is 2. The van der Waals surface area contributed by atoms with Crippen LogP contribution in [0.1, 0.15) is 17.5 Å². The van der Waals surface area contributed by atoms with Gasteiger partial charge in [0.15, 0.2) is 23.3 Å². The number of carboxylic acids is 1. The van der Waals surface area contributed by atoms with Crippen molar-refractivity contribution in [2.75, 3.05) is 12.3 Å². The first kappa shape index (κ1) is 30.4. The van der Waals surface area contributed by atoms with Gasteiger partial charge in [0.25, 0.3) is 0 Å². The van der Waals surface area contributed by atoms with E-state index in [1.807, 2.05) is 0 Å². The van der Waals surface area contributed by atoms with Crippen LogP contribution in [0.25, 0.3) is 11.2 Å². The standard InChI is InChI=1S/C25H20ClF3N6O7S/c1-2-23(39)15(41-20(17(23)36)35-10-31-16-18(30)33-22(26)34-19(16)35)8-40-24(21(37)38,14-9-43-11-32-14)7-12-4-3-5-13(6-12)42-25(27,28)29/h1,3-6,9-11,15,17,20,36,39H,7-8H2,(H,37,38)(H2,30,33,34)/t15-,17+,20?,23-,24?/m1/s1. The molecule has 0 aliphatic carbocycles. The fourth-order valence-electron chi connectivity index (χ4n) is 4.65. The number of aliphatic hydroxyl groups excluding tert-OH is 1. The minimum atomic E-state index is -4.98. The number of alkyl halides is 3. The van der Waals surface area contributed by atoms with Crippen molar-refractivity contribution in [2.24, 2.45) is 0 Å². The predicted octanol–water partition coefficient (Wildman–Crippen LogP) is 2.28. The van der Waals surface area contributed by atoms with Crippen LogP contribution in [0, 0.1) is 12.3 Å². The van der Waals surface area contributed by atoms with Crippen molar-refractivity contribution >= 4 is 45.9 Å². The van der Waals surface area contributed by atoms with Crippen LogP contribution in [-0.2, 0) is 26.3 Å². The molecule has 0 amide bonds.